The first-order chi connectivity index (χ1) is 17.8. The third-order valence-electron chi connectivity index (χ3n) is 6.83. The number of hydrogen-bond acceptors (Lipinski definition) is 8. The molecule has 1 saturated heterocycles. The van der Waals surface area contributed by atoms with Crippen LogP contribution >= 0.6 is 0 Å². The number of nitrogens with zero attached hydrogens (tertiary/aromatic N) is 1. The van der Waals surface area contributed by atoms with Gasteiger partial charge in [0.1, 0.15) is 6.04 Å². The molecule has 2 atom stereocenters. The first-order valence-corrected chi connectivity index (χ1v) is 14.9. The van der Waals surface area contributed by atoms with Crippen LogP contribution in [0, 0.1) is 6.92 Å². The highest BCUT2D eigenvalue weighted by Gasteiger charge is 2.47. The third-order valence-corrected chi connectivity index (χ3v) is 9.87. The van der Waals surface area contributed by atoms with Crippen molar-refractivity contribution in [3.63, 3.8) is 0 Å². The fourth-order valence-corrected chi connectivity index (χ4v) is 7.51. The van der Waals surface area contributed by atoms with Gasteiger partial charge in [0.2, 0.25) is 11.8 Å². The Balaban J connectivity index is 1.85. The number of aryl methyl sites for hydroxylation is 1. The van der Waals surface area contributed by atoms with Crippen molar-refractivity contribution in [1.82, 2.24) is 10.2 Å². The largest absolute Gasteiger partial charge is 0.295 e. The van der Waals surface area contributed by atoms with Gasteiger partial charge in [-0.1, -0.05) is 31.9 Å². The van der Waals surface area contributed by atoms with Crippen molar-refractivity contribution in [3.8, 4) is 0 Å². The lowest BCUT2D eigenvalue weighted by molar-refractivity contribution is -0.136. The maximum atomic E-state index is 14.1. The number of piperidine rings is 1. The molecule has 0 radical (unpaired) electrons. The lowest BCUT2D eigenvalue weighted by Crippen LogP contribution is -2.54. The lowest BCUT2D eigenvalue weighted by Gasteiger charge is -2.28. The van der Waals surface area contributed by atoms with E-state index >= 15 is 0 Å². The van der Waals surface area contributed by atoms with Crippen LogP contribution < -0.4 is 5.32 Å². The standard InChI is InChI=1S/C25H26N2O9S2/c1-3-4-7-19(17-13-15(38(34,35)36)10-9-14(17)2)37(32,33)20-8-5-6-16-22(20)25(31)27(24(16)30)18-11-12-21(28)26-23(18)29/h5-6,8-10,13,18-19H,3-4,7,11-12H2,1-2H3,(H,26,28,29)(H,34,35,36). The maximum Gasteiger partial charge on any atom is 0.294 e. The lowest BCUT2D eigenvalue weighted by atomic mass is 10.0. The van der Waals surface area contributed by atoms with E-state index in [9.17, 15) is 40.6 Å². The molecule has 0 bridgehead atoms. The SMILES string of the molecule is CCCCC(c1cc(S(=O)(=O)O)ccc1C)S(=O)(=O)c1cccc2c1C(=O)N(C1CCC(=O)NC1=O)C2=O. The number of carbonyl (C=O) groups is 4. The number of benzene rings is 2. The summed E-state index contributed by atoms with van der Waals surface area (Å²) in [7, 11) is -9.02. The van der Waals surface area contributed by atoms with Crippen LogP contribution in [0.15, 0.2) is 46.2 Å². The Bertz CT molecular complexity index is 1580. The first-order valence-electron chi connectivity index (χ1n) is 12.0. The van der Waals surface area contributed by atoms with Crippen molar-refractivity contribution < 1.29 is 40.6 Å². The summed E-state index contributed by atoms with van der Waals surface area (Å²) in [5.41, 5.74) is 0.0536. The summed E-state index contributed by atoms with van der Waals surface area (Å²) < 4.78 is 61.4. The molecule has 2 N–H and O–H groups in total. The van der Waals surface area contributed by atoms with Gasteiger partial charge in [-0.05, 0) is 55.2 Å². The van der Waals surface area contributed by atoms with Crippen molar-refractivity contribution in [2.75, 3.05) is 0 Å². The predicted octanol–water partition coefficient (Wildman–Crippen LogP) is 2.35. The molecule has 4 amide bonds. The number of amides is 4. The minimum atomic E-state index is -4.62. The van der Waals surface area contributed by atoms with Crippen LogP contribution in [0.1, 0.15) is 76.1 Å². The summed E-state index contributed by atoms with van der Waals surface area (Å²) >= 11 is 0. The number of sulfone groups is 1. The Hall–Kier alpha value is -3.42. The van der Waals surface area contributed by atoms with Crippen LogP contribution in [0.2, 0.25) is 0 Å². The zero-order valence-electron chi connectivity index (χ0n) is 20.6. The van der Waals surface area contributed by atoms with E-state index in [1.54, 1.807) is 6.92 Å². The van der Waals surface area contributed by atoms with Crippen molar-refractivity contribution in [3.05, 3.63) is 58.7 Å². The topological polar surface area (TPSA) is 172 Å². The molecule has 0 aliphatic carbocycles. The molecule has 2 aromatic carbocycles. The van der Waals surface area contributed by atoms with E-state index < -0.39 is 64.7 Å². The summed E-state index contributed by atoms with van der Waals surface area (Å²) in [6.45, 7) is 3.46. The molecule has 2 unspecified atom stereocenters. The molecule has 0 saturated carbocycles. The highest BCUT2D eigenvalue weighted by Crippen LogP contribution is 2.40. The predicted molar refractivity (Wildman–Crippen MR) is 134 cm³/mol. The molecule has 1 fully saturated rings. The van der Waals surface area contributed by atoms with Gasteiger partial charge in [0.25, 0.3) is 21.9 Å². The molecule has 38 heavy (non-hydrogen) atoms. The van der Waals surface area contributed by atoms with Gasteiger partial charge in [-0.2, -0.15) is 8.42 Å². The van der Waals surface area contributed by atoms with E-state index in [4.69, 9.17) is 0 Å². The van der Waals surface area contributed by atoms with Gasteiger partial charge in [-0.15, -0.1) is 0 Å². The van der Waals surface area contributed by atoms with Gasteiger partial charge in [0.15, 0.2) is 9.84 Å². The van der Waals surface area contributed by atoms with Crippen molar-refractivity contribution in [1.29, 1.82) is 0 Å². The Labute approximate surface area is 219 Å². The quantitative estimate of drug-likeness (QED) is 0.362. The second kappa shape index (κ2) is 10.0. The van der Waals surface area contributed by atoms with E-state index in [1.165, 1.54) is 24.3 Å². The van der Waals surface area contributed by atoms with E-state index in [-0.39, 0.29) is 36.0 Å². The van der Waals surface area contributed by atoms with Crippen molar-refractivity contribution in [2.45, 2.75) is 67.0 Å². The highest BCUT2D eigenvalue weighted by molar-refractivity contribution is 7.91. The van der Waals surface area contributed by atoms with Gasteiger partial charge in [0, 0.05) is 6.42 Å². The monoisotopic (exact) mass is 562 g/mol. The summed E-state index contributed by atoms with van der Waals surface area (Å²) in [4.78, 5) is 50.4. The molecule has 13 heteroatoms. The molecule has 4 rings (SSSR count). The third kappa shape index (κ3) is 4.76. The van der Waals surface area contributed by atoms with Gasteiger partial charge < -0.3 is 0 Å². The Morgan fingerprint density at radius 3 is 2.39 bits per heavy atom. The second-order valence-electron chi connectivity index (χ2n) is 9.30. The molecule has 202 valence electrons. The van der Waals surface area contributed by atoms with Crippen molar-refractivity contribution in [2.24, 2.45) is 0 Å². The summed E-state index contributed by atoms with van der Waals surface area (Å²) in [5, 5.41) is 0.805. The Kier molecular flexibility index (Phi) is 7.30. The number of hydrogen-bond donors (Lipinski definition) is 2. The fraction of sp³-hybridized carbons (Fsp3) is 0.360. The van der Waals surface area contributed by atoms with Gasteiger partial charge in [0.05, 0.1) is 26.2 Å². The molecule has 2 aromatic rings. The number of nitrogens with one attached hydrogen (secondary N) is 1. The van der Waals surface area contributed by atoms with Crippen LogP contribution in [0.5, 0.6) is 0 Å². The number of rotatable bonds is 8. The van der Waals surface area contributed by atoms with E-state index in [0.29, 0.717) is 23.3 Å². The average Bonchev–Trinajstić information content (AvgIpc) is 3.09. The zero-order chi connectivity index (χ0) is 28.0. The minimum Gasteiger partial charge on any atom is -0.295 e. The average molecular weight is 563 g/mol. The molecule has 2 heterocycles. The van der Waals surface area contributed by atoms with Crippen LogP contribution in [-0.4, -0.2) is 56.0 Å². The van der Waals surface area contributed by atoms with Crippen LogP contribution in [0.4, 0.5) is 0 Å². The molecule has 0 spiro atoms. The molecular formula is C25H26N2O9S2. The number of imide groups is 2. The van der Waals surface area contributed by atoms with Crippen LogP contribution in [0.25, 0.3) is 0 Å². The minimum absolute atomic E-state index is 0.0806. The first kappa shape index (κ1) is 27.6. The smallest absolute Gasteiger partial charge is 0.294 e. The summed E-state index contributed by atoms with van der Waals surface area (Å²) in [5.74, 6) is -3.16. The van der Waals surface area contributed by atoms with E-state index in [2.05, 4.69) is 5.32 Å². The van der Waals surface area contributed by atoms with Gasteiger partial charge >= 0.3 is 0 Å². The van der Waals surface area contributed by atoms with E-state index in [1.807, 2.05) is 6.92 Å². The number of carbonyl (C=O) groups excluding carboxylic acids is 4. The van der Waals surface area contributed by atoms with Gasteiger partial charge in [-0.3, -0.25) is 33.9 Å². The number of fused-ring (bicyclic) bond motifs is 1. The zero-order valence-corrected chi connectivity index (χ0v) is 22.3. The summed E-state index contributed by atoms with van der Waals surface area (Å²) in [6, 6.07) is 6.22. The highest BCUT2D eigenvalue weighted by atomic mass is 32.2. The second-order valence-corrected chi connectivity index (χ2v) is 12.8. The molecular weight excluding hydrogens is 536 g/mol. The van der Waals surface area contributed by atoms with Crippen LogP contribution in [0.3, 0.4) is 0 Å². The molecule has 0 aromatic heterocycles. The number of unbranched alkanes of at least 4 members (excludes halogenated alkanes) is 1. The molecule has 2 aliphatic rings. The Morgan fingerprint density at radius 1 is 1.05 bits per heavy atom. The Morgan fingerprint density at radius 2 is 1.76 bits per heavy atom. The van der Waals surface area contributed by atoms with E-state index in [0.717, 1.165) is 12.1 Å². The summed E-state index contributed by atoms with van der Waals surface area (Å²) in [6.07, 6.45) is 0.980. The molecule has 11 nitrogen and oxygen atoms in total. The normalized spacial score (nSPS) is 18.9. The van der Waals surface area contributed by atoms with Gasteiger partial charge in [-0.25, -0.2) is 8.42 Å². The fourth-order valence-electron chi connectivity index (χ4n) is 4.87. The maximum absolute atomic E-state index is 14.1. The van der Waals surface area contributed by atoms with Crippen molar-refractivity contribution >= 4 is 43.6 Å². The van der Waals surface area contributed by atoms with Crippen LogP contribution in [-0.2, 0) is 29.5 Å². The molecule has 2 aliphatic heterocycles.